The molecule has 2 unspecified atom stereocenters. The number of nitrogens with two attached hydrogens (primary N) is 1. The summed E-state index contributed by atoms with van der Waals surface area (Å²) in [6.07, 6.45) is 0.508. The van der Waals surface area contributed by atoms with Gasteiger partial charge in [-0.25, -0.2) is 0 Å². The maximum Gasteiger partial charge on any atom is 0.305 e. The molecule has 5 heteroatoms. The molecule has 0 saturated heterocycles. The first-order valence-electron chi connectivity index (χ1n) is 5.46. The first-order valence-corrected chi connectivity index (χ1v) is 5.46. The van der Waals surface area contributed by atoms with Crippen LogP contribution >= 0.6 is 0 Å². The van der Waals surface area contributed by atoms with Crippen LogP contribution in [0.5, 0.6) is 0 Å². The molecule has 94 valence electrons. The Balaban J connectivity index is 4.36. The van der Waals surface area contributed by atoms with Gasteiger partial charge in [0.25, 0.3) is 0 Å². The molecule has 0 aliphatic carbocycles. The first kappa shape index (κ1) is 14.9. The number of aliphatic carboxylic acids is 1. The maximum absolute atomic E-state index is 11.7. The van der Waals surface area contributed by atoms with Crippen molar-refractivity contribution in [2.24, 2.45) is 11.1 Å². The predicted molar refractivity (Wildman–Crippen MR) is 61.9 cm³/mol. The van der Waals surface area contributed by atoms with Crippen molar-refractivity contribution < 1.29 is 14.7 Å². The van der Waals surface area contributed by atoms with Crippen LogP contribution in [0.25, 0.3) is 0 Å². The molecule has 2 atom stereocenters. The zero-order chi connectivity index (χ0) is 12.9. The van der Waals surface area contributed by atoms with Gasteiger partial charge in [-0.1, -0.05) is 27.7 Å². The summed E-state index contributed by atoms with van der Waals surface area (Å²) in [4.78, 5) is 22.2. The van der Waals surface area contributed by atoms with E-state index in [1.54, 1.807) is 0 Å². The fourth-order valence-electron chi connectivity index (χ4n) is 1.19. The highest BCUT2D eigenvalue weighted by molar-refractivity contribution is 5.83. The number of carboxylic acid groups (broad SMARTS) is 1. The first-order chi connectivity index (χ1) is 7.18. The van der Waals surface area contributed by atoms with E-state index >= 15 is 0 Å². The lowest BCUT2D eigenvalue weighted by atomic mass is 9.86. The van der Waals surface area contributed by atoms with Crippen molar-refractivity contribution in [3.8, 4) is 0 Å². The average Bonchev–Trinajstić information content (AvgIpc) is 2.13. The van der Waals surface area contributed by atoms with E-state index in [1.807, 2.05) is 27.7 Å². The average molecular weight is 230 g/mol. The van der Waals surface area contributed by atoms with Gasteiger partial charge in [-0.3, -0.25) is 9.59 Å². The highest BCUT2D eigenvalue weighted by Crippen LogP contribution is 2.17. The number of nitrogens with one attached hydrogen (secondary N) is 1. The zero-order valence-corrected chi connectivity index (χ0v) is 10.4. The molecule has 0 spiro atoms. The van der Waals surface area contributed by atoms with Crippen molar-refractivity contribution in [2.75, 3.05) is 0 Å². The lowest BCUT2D eigenvalue weighted by Crippen LogP contribution is -2.51. The lowest BCUT2D eigenvalue weighted by Gasteiger charge is -2.27. The molecule has 16 heavy (non-hydrogen) atoms. The standard InChI is InChI=1S/C11H22N2O3/c1-5-7(6-8(14)15)13-10(16)9(12)11(2,3)4/h7,9H,5-6,12H2,1-4H3,(H,13,16)(H,14,15). The van der Waals surface area contributed by atoms with Gasteiger partial charge in [0.15, 0.2) is 0 Å². The number of carbonyl (C=O) groups is 2. The normalized spacial score (nSPS) is 15.3. The van der Waals surface area contributed by atoms with Crippen LogP contribution in [0.1, 0.15) is 40.5 Å². The molecular weight excluding hydrogens is 208 g/mol. The van der Waals surface area contributed by atoms with Crippen molar-refractivity contribution in [3.05, 3.63) is 0 Å². The molecule has 0 fully saturated rings. The molecule has 0 saturated carbocycles. The van der Waals surface area contributed by atoms with Gasteiger partial charge in [-0.2, -0.15) is 0 Å². The molecule has 0 aromatic rings. The summed E-state index contributed by atoms with van der Waals surface area (Å²) in [5.41, 5.74) is 5.44. The summed E-state index contributed by atoms with van der Waals surface area (Å²) in [5, 5.41) is 11.3. The van der Waals surface area contributed by atoms with Crippen LogP contribution < -0.4 is 11.1 Å². The summed E-state index contributed by atoms with van der Waals surface area (Å²) in [6.45, 7) is 7.44. The summed E-state index contributed by atoms with van der Waals surface area (Å²) < 4.78 is 0. The third kappa shape index (κ3) is 5.11. The van der Waals surface area contributed by atoms with E-state index in [2.05, 4.69) is 5.32 Å². The summed E-state index contributed by atoms with van der Waals surface area (Å²) in [5.74, 6) is -1.21. The molecule has 0 aromatic heterocycles. The largest absolute Gasteiger partial charge is 0.481 e. The van der Waals surface area contributed by atoms with Gasteiger partial charge in [0, 0.05) is 6.04 Å². The maximum atomic E-state index is 11.7. The van der Waals surface area contributed by atoms with Gasteiger partial charge < -0.3 is 16.2 Å². The Morgan fingerprint density at radius 3 is 2.19 bits per heavy atom. The number of rotatable bonds is 5. The van der Waals surface area contributed by atoms with Crippen molar-refractivity contribution in [3.63, 3.8) is 0 Å². The highest BCUT2D eigenvalue weighted by atomic mass is 16.4. The quantitative estimate of drug-likeness (QED) is 0.649. The van der Waals surface area contributed by atoms with Crippen LogP contribution in [0, 0.1) is 5.41 Å². The third-order valence-electron chi connectivity index (χ3n) is 2.48. The molecule has 0 aromatic carbocycles. The highest BCUT2D eigenvalue weighted by Gasteiger charge is 2.28. The second-order valence-corrected chi connectivity index (χ2v) is 5.06. The summed E-state index contributed by atoms with van der Waals surface area (Å²) in [6, 6.07) is -0.978. The molecule has 5 nitrogen and oxygen atoms in total. The van der Waals surface area contributed by atoms with E-state index < -0.39 is 12.0 Å². The summed E-state index contributed by atoms with van der Waals surface area (Å²) >= 11 is 0. The van der Waals surface area contributed by atoms with Gasteiger partial charge in [0.2, 0.25) is 5.91 Å². The predicted octanol–water partition coefficient (Wildman–Crippen LogP) is 0.729. The Morgan fingerprint density at radius 1 is 1.38 bits per heavy atom. The zero-order valence-electron chi connectivity index (χ0n) is 10.4. The summed E-state index contributed by atoms with van der Waals surface area (Å²) in [7, 11) is 0. The molecule has 0 aliphatic rings. The van der Waals surface area contributed by atoms with E-state index in [4.69, 9.17) is 10.8 Å². The van der Waals surface area contributed by atoms with Crippen LogP contribution in [0.4, 0.5) is 0 Å². The van der Waals surface area contributed by atoms with Crippen molar-refractivity contribution in [1.82, 2.24) is 5.32 Å². The Bertz CT molecular complexity index is 258. The third-order valence-corrected chi connectivity index (χ3v) is 2.48. The number of hydrogen-bond acceptors (Lipinski definition) is 3. The molecule has 0 radical (unpaired) electrons. The number of carbonyl (C=O) groups excluding carboxylic acids is 1. The Morgan fingerprint density at radius 2 is 1.88 bits per heavy atom. The minimum absolute atomic E-state index is 0.0703. The van der Waals surface area contributed by atoms with Gasteiger partial charge in [-0.15, -0.1) is 0 Å². The molecule has 0 rings (SSSR count). The van der Waals surface area contributed by atoms with Gasteiger partial charge in [0.1, 0.15) is 0 Å². The number of carboxylic acids is 1. The topological polar surface area (TPSA) is 92.4 Å². The number of amides is 1. The van der Waals surface area contributed by atoms with E-state index in [1.165, 1.54) is 0 Å². The molecule has 4 N–H and O–H groups in total. The van der Waals surface area contributed by atoms with Crippen LogP contribution in [0.2, 0.25) is 0 Å². The van der Waals surface area contributed by atoms with Gasteiger partial charge in [0.05, 0.1) is 12.5 Å². The van der Waals surface area contributed by atoms with Crippen molar-refractivity contribution >= 4 is 11.9 Å². The minimum Gasteiger partial charge on any atom is -0.481 e. The van der Waals surface area contributed by atoms with Crippen molar-refractivity contribution in [1.29, 1.82) is 0 Å². The second-order valence-electron chi connectivity index (χ2n) is 5.06. The van der Waals surface area contributed by atoms with Crippen LogP contribution in [-0.2, 0) is 9.59 Å². The molecule has 0 heterocycles. The lowest BCUT2D eigenvalue weighted by molar-refractivity contribution is -0.137. The fourth-order valence-corrected chi connectivity index (χ4v) is 1.19. The van der Waals surface area contributed by atoms with Gasteiger partial charge in [-0.05, 0) is 11.8 Å². The molecular formula is C11H22N2O3. The Hall–Kier alpha value is -1.10. The fraction of sp³-hybridized carbons (Fsp3) is 0.818. The van der Waals surface area contributed by atoms with E-state index in [9.17, 15) is 9.59 Å². The van der Waals surface area contributed by atoms with Gasteiger partial charge >= 0.3 is 5.97 Å². The Labute approximate surface area is 96.4 Å². The van der Waals surface area contributed by atoms with E-state index in [-0.39, 0.29) is 23.8 Å². The second kappa shape index (κ2) is 5.84. The van der Waals surface area contributed by atoms with Crippen LogP contribution in [0.3, 0.4) is 0 Å². The van der Waals surface area contributed by atoms with Crippen LogP contribution in [-0.4, -0.2) is 29.1 Å². The Kier molecular flexibility index (Phi) is 5.44. The monoisotopic (exact) mass is 230 g/mol. The smallest absolute Gasteiger partial charge is 0.305 e. The SMILES string of the molecule is CCC(CC(=O)O)NC(=O)C(N)C(C)(C)C. The van der Waals surface area contributed by atoms with E-state index in [0.29, 0.717) is 6.42 Å². The van der Waals surface area contributed by atoms with Crippen molar-refractivity contribution in [2.45, 2.75) is 52.6 Å². The number of hydrogen-bond donors (Lipinski definition) is 3. The minimum atomic E-state index is -0.920. The van der Waals surface area contributed by atoms with Crippen LogP contribution in [0.15, 0.2) is 0 Å². The molecule has 1 amide bonds. The molecule has 0 bridgehead atoms. The molecule has 0 aliphatic heterocycles. The van der Waals surface area contributed by atoms with E-state index in [0.717, 1.165) is 0 Å².